The van der Waals surface area contributed by atoms with E-state index >= 15 is 0 Å². The third kappa shape index (κ3) is 2.51. The molecular formula is C14H20N2O4. The molecule has 1 unspecified atom stereocenters. The maximum absolute atomic E-state index is 12.4. The van der Waals surface area contributed by atoms with Crippen LogP contribution >= 0.6 is 0 Å². The normalized spacial score (nSPS) is 26.5. The Kier molecular flexibility index (Phi) is 3.40. The van der Waals surface area contributed by atoms with Crippen LogP contribution in [-0.4, -0.2) is 58.4 Å². The summed E-state index contributed by atoms with van der Waals surface area (Å²) in [6.45, 7) is 1.73. The molecule has 3 fully saturated rings. The van der Waals surface area contributed by atoms with Crippen molar-refractivity contribution < 1.29 is 19.5 Å². The lowest BCUT2D eigenvalue weighted by atomic mass is 9.95. The highest BCUT2D eigenvalue weighted by Gasteiger charge is 2.44. The second-order valence-electron chi connectivity index (χ2n) is 6.17. The molecule has 0 aromatic carbocycles. The minimum Gasteiger partial charge on any atom is -0.481 e. The van der Waals surface area contributed by atoms with Crippen molar-refractivity contribution in [3.05, 3.63) is 0 Å². The number of carbonyl (C=O) groups is 3. The molecule has 2 saturated heterocycles. The zero-order valence-electron chi connectivity index (χ0n) is 11.5. The average molecular weight is 280 g/mol. The van der Waals surface area contributed by atoms with Gasteiger partial charge in [-0.05, 0) is 25.7 Å². The number of aliphatic carboxylic acids is 1. The Morgan fingerprint density at radius 2 is 1.75 bits per heavy atom. The van der Waals surface area contributed by atoms with Gasteiger partial charge in [-0.25, -0.2) is 0 Å². The molecule has 1 N–H and O–H groups in total. The highest BCUT2D eigenvalue weighted by Crippen LogP contribution is 2.34. The molecule has 2 aliphatic heterocycles. The fourth-order valence-electron chi connectivity index (χ4n) is 3.19. The van der Waals surface area contributed by atoms with E-state index in [-0.39, 0.29) is 36.1 Å². The van der Waals surface area contributed by atoms with Crippen LogP contribution in [0.4, 0.5) is 0 Å². The highest BCUT2D eigenvalue weighted by molar-refractivity contribution is 5.90. The Hall–Kier alpha value is -1.59. The van der Waals surface area contributed by atoms with Crippen molar-refractivity contribution in [1.29, 1.82) is 0 Å². The van der Waals surface area contributed by atoms with Crippen LogP contribution in [0.2, 0.25) is 0 Å². The number of carboxylic acids is 1. The number of carbonyl (C=O) groups excluding carboxylic acids is 2. The van der Waals surface area contributed by atoms with Crippen molar-refractivity contribution >= 4 is 17.8 Å². The first-order valence-corrected chi connectivity index (χ1v) is 7.37. The molecule has 0 spiro atoms. The smallest absolute Gasteiger partial charge is 0.303 e. The van der Waals surface area contributed by atoms with Crippen LogP contribution in [-0.2, 0) is 14.4 Å². The largest absolute Gasteiger partial charge is 0.481 e. The Labute approximate surface area is 117 Å². The van der Waals surface area contributed by atoms with Crippen LogP contribution in [0.1, 0.15) is 32.1 Å². The lowest BCUT2D eigenvalue weighted by molar-refractivity contribution is -0.151. The van der Waals surface area contributed by atoms with E-state index < -0.39 is 5.97 Å². The fourth-order valence-corrected chi connectivity index (χ4v) is 3.19. The van der Waals surface area contributed by atoms with Crippen LogP contribution in [0.25, 0.3) is 0 Å². The molecule has 3 rings (SSSR count). The molecule has 6 nitrogen and oxygen atoms in total. The van der Waals surface area contributed by atoms with Gasteiger partial charge in [0.2, 0.25) is 11.8 Å². The van der Waals surface area contributed by atoms with Gasteiger partial charge in [-0.1, -0.05) is 0 Å². The van der Waals surface area contributed by atoms with Gasteiger partial charge in [0.05, 0.1) is 6.42 Å². The summed E-state index contributed by atoms with van der Waals surface area (Å²) < 4.78 is 0. The second-order valence-corrected chi connectivity index (χ2v) is 6.17. The molecule has 0 radical (unpaired) electrons. The molecule has 6 heteroatoms. The Morgan fingerprint density at radius 3 is 2.35 bits per heavy atom. The predicted molar refractivity (Wildman–Crippen MR) is 69.8 cm³/mol. The van der Waals surface area contributed by atoms with Crippen LogP contribution in [0.5, 0.6) is 0 Å². The number of likely N-dealkylation sites (tertiary alicyclic amines) is 2. The second kappa shape index (κ2) is 5.07. The highest BCUT2D eigenvalue weighted by atomic mass is 16.4. The SMILES string of the molecule is O=C(O)CC1CN(C(=O)C2CCCN2C(=O)C2CC2)C1. The topological polar surface area (TPSA) is 77.9 Å². The van der Waals surface area contributed by atoms with Crippen molar-refractivity contribution in [2.24, 2.45) is 11.8 Å². The summed E-state index contributed by atoms with van der Waals surface area (Å²) in [6, 6.07) is -0.297. The van der Waals surface area contributed by atoms with Crippen LogP contribution < -0.4 is 0 Å². The lowest BCUT2D eigenvalue weighted by Gasteiger charge is -2.41. The molecule has 110 valence electrons. The molecule has 3 aliphatic rings. The van der Waals surface area contributed by atoms with E-state index in [0.717, 1.165) is 25.7 Å². The summed E-state index contributed by atoms with van der Waals surface area (Å²) in [7, 11) is 0. The Bertz CT molecular complexity index is 440. The Morgan fingerprint density at radius 1 is 1.05 bits per heavy atom. The standard InChI is InChI=1S/C14H20N2O4/c17-12(18)6-9-7-15(8-9)14(20)11-2-1-5-16(11)13(19)10-3-4-10/h9-11H,1-8H2,(H,17,18). The van der Waals surface area contributed by atoms with Gasteiger partial charge in [-0.15, -0.1) is 0 Å². The van der Waals surface area contributed by atoms with Gasteiger partial charge in [0.15, 0.2) is 0 Å². The summed E-state index contributed by atoms with van der Waals surface area (Å²) in [4.78, 5) is 38.6. The van der Waals surface area contributed by atoms with Crippen molar-refractivity contribution in [1.82, 2.24) is 9.80 Å². The maximum atomic E-state index is 12.4. The maximum Gasteiger partial charge on any atom is 0.303 e. The van der Waals surface area contributed by atoms with Crippen molar-refractivity contribution in [2.45, 2.75) is 38.1 Å². The summed E-state index contributed by atoms with van der Waals surface area (Å²) >= 11 is 0. The zero-order chi connectivity index (χ0) is 14.3. The minimum atomic E-state index is -0.812. The predicted octanol–water partition coefficient (Wildman–Crippen LogP) is 0.320. The summed E-state index contributed by atoms with van der Waals surface area (Å²) in [6.07, 6.45) is 3.68. The molecule has 1 atom stereocenters. The number of hydrogen-bond donors (Lipinski definition) is 1. The van der Waals surface area contributed by atoms with E-state index in [1.165, 1.54) is 0 Å². The molecule has 2 heterocycles. The molecule has 20 heavy (non-hydrogen) atoms. The van der Waals surface area contributed by atoms with Gasteiger partial charge in [-0.3, -0.25) is 14.4 Å². The third-order valence-corrected chi connectivity index (χ3v) is 4.48. The van der Waals surface area contributed by atoms with E-state index in [0.29, 0.717) is 19.6 Å². The zero-order valence-corrected chi connectivity index (χ0v) is 11.5. The van der Waals surface area contributed by atoms with Crippen molar-refractivity contribution in [3.63, 3.8) is 0 Å². The van der Waals surface area contributed by atoms with Crippen LogP contribution in [0, 0.1) is 11.8 Å². The first-order chi connectivity index (χ1) is 9.56. The summed E-state index contributed by atoms with van der Waals surface area (Å²) in [5.41, 5.74) is 0. The molecule has 2 amide bonds. The molecule has 0 aromatic rings. The van der Waals surface area contributed by atoms with Crippen molar-refractivity contribution in [3.8, 4) is 0 Å². The summed E-state index contributed by atoms with van der Waals surface area (Å²) in [5.74, 6) is -0.430. The van der Waals surface area contributed by atoms with E-state index in [1.807, 2.05) is 0 Å². The van der Waals surface area contributed by atoms with Gasteiger partial charge < -0.3 is 14.9 Å². The first kappa shape index (κ1) is 13.4. The van der Waals surface area contributed by atoms with Crippen molar-refractivity contribution in [2.75, 3.05) is 19.6 Å². The van der Waals surface area contributed by atoms with Gasteiger partial charge in [0.25, 0.3) is 0 Å². The van der Waals surface area contributed by atoms with E-state index in [2.05, 4.69) is 0 Å². The molecular weight excluding hydrogens is 260 g/mol. The van der Waals surface area contributed by atoms with Gasteiger partial charge in [0.1, 0.15) is 6.04 Å². The van der Waals surface area contributed by atoms with E-state index in [9.17, 15) is 14.4 Å². The molecule has 1 aliphatic carbocycles. The summed E-state index contributed by atoms with van der Waals surface area (Å²) in [5, 5.41) is 8.71. The fraction of sp³-hybridized carbons (Fsp3) is 0.786. The van der Waals surface area contributed by atoms with E-state index in [1.54, 1.807) is 9.80 Å². The quantitative estimate of drug-likeness (QED) is 0.804. The number of amides is 2. The van der Waals surface area contributed by atoms with E-state index in [4.69, 9.17) is 5.11 Å². The monoisotopic (exact) mass is 280 g/mol. The molecule has 0 aromatic heterocycles. The van der Waals surface area contributed by atoms with Gasteiger partial charge >= 0.3 is 5.97 Å². The number of hydrogen-bond acceptors (Lipinski definition) is 3. The number of rotatable bonds is 4. The molecule has 1 saturated carbocycles. The molecule has 0 bridgehead atoms. The van der Waals surface area contributed by atoms with Crippen LogP contribution in [0.3, 0.4) is 0 Å². The first-order valence-electron chi connectivity index (χ1n) is 7.37. The Balaban J connectivity index is 1.54. The lowest BCUT2D eigenvalue weighted by Crippen LogP contribution is -2.56. The minimum absolute atomic E-state index is 0.0122. The van der Waals surface area contributed by atoms with Gasteiger partial charge in [-0.2, -0.15) is 0 Å². The van der Waals surface area contributed by atoms with Crippen LogP contribution in [0.15, 0.2) is 0 Å². The third-order valence-electron chi connectivity index (χ3n) is 4.48. The number of nitrogens with zero attached hydrogens (tertiary/aromatic N) is 2. The number of carboxylic acid groups (broad SMARTS) is 1. The average Bonchev–Trinajstić information content (AvgIpc) is 3.08. The van der Waals surface area contributed by atoms with Gasteiger partial charge in [0, 0.05) is 31.5 Å².